The van der Waals surface area contributed by atoms with E-state index in [0.29, 0.717) is 26.4 Å². The molecule has 0 aromatic heterocycles. The van der Waals surface area contributed by atoms with Crippen LogP contribution in [-0.4, -0.2) is 26.4 Å². The molecule has 0 fully saturated rings. The van der Waals surface area contributed by atoms with Gasteiger partial charge in [-0.15, -0.1) is 0 Å². The maximum atomic E-state index is 5.95. The van der Waals surface area contributed by atoms with Crippen LogP contribution in [0.4, 0.5) is 5.69 Å². The van der Waals surface area contributed by atoms with Gasteiger partial charge in [0.2, 0.25) is 0 Å². The number of hydrogen-bond acceptors (Lipinski definition) is 4. The minimum atomic E-state index is 0.479. The Kier molecular flexibility index (Phi) is 7.19. The molecule has 1 N–H and O–H groups in total. The average molecular weight is 377 g/mol. The van der Waals surface area contributed by atoms with Gasteiger partial charge in [-0.2, -0.15) is 0 Å². The van der Waals surface area contributed by atoms with E-state index < -0.39 is 0 Å². The molecule has 3 aromatic rings. The number of rotatable bonds is 10. The van der Waals surface area contributed by atoms with Crippen molar-refractivity contribution >= 4 is 5.69 Å². The molecule has 0 radical (unpaired) electrons. The highest BCUT2D eigenvalue weighted by Crippen LogP contribution is 2.24. The third-order valence-corrected chi connectivity index (χ3v) is 4.31. The van der Waals surface area contributed by atoms with Crippen molar-refractivity contribution in [3.8, 4) is 17.2 Å². The van der Waals surface area contributed by atoms with E-state index in [1.807, 2.05) is 60.7 Å². The first kappa shape index (κ1) is 19.6. The van der Waals surface area contributed by atoms with Crippen molar-refractivity contribution in [2.75, 3.05) is 31.7 Å². The molecule has 0 aliphatic heterocycles. The highest BCUT2D eigenvalue weighted by molar-refractivity contribution is 5.56. The van der Waals surface area contributed by atoms with Gasteiger partial charge in [0, 0.05) is 6.54 Å². The number of ether oxygens (including phenoxy) is 3. The summed E-state index contributed by atoms with van der Waals surface area (Å²) in [6.07, 6.45) is 0. The van der Waals surface area contributed by atoms with Crippen LogP contribution in [0, 0.1) is 13.8 Å². The standard InChI is InChI=1S/C24H27NO3/c1-19-9-8-10-20(2)24(19)28-16-15-25-22-13-6-7-14-23(22)27-18-17-26-21-11-4-3-5-12-21/h3-14,25H,15-18H2,1-2H3. The summed E-state index contributed by atoms with van der Waals surface area (Å²) in [7, 11) is 0. The summed E-state index contributed by atoms with van der Waals surface area (Å²) in [6.45, 7) is 6.37. The SMILES string of the molecule is Cc1cccc(C)c1OCCNc1ccccc1OCCOc1ccccc1. The van der Waals surface area contributed by atoms with Gasteiger partial charge in [0.1, 0.15) is 37.1 Å². The molecule has 3 rings (SSSR count). The van der Waals surface area contributed by atoms with Crippen LogP contribution in [0.5, 0.6) is 17.2 Å². The van der Waals surface area contributed by atoms with Gasteiger partial charge in [-0.25, -0.2) is 0 Å². The van der Waals surface area contributed by atoms with Gasteiger partial charge in [0.25, 0.3) is 0 Å². The molecule has 28 heavy (non-hydrogen) atoms. The second-order valence-electron chi connectivity index (χ2n) is 6.50. The summed E-state index contributed by atoms with van der Waals surface area (Å²) in [5.41, 5.74) is 3.26. The van der Waals surface area contributed by atoms with Crippen molar-refractivity contribution in [1.82, 2.24) is 0 Å². The average Bonchev–Trinajstić information content (AvgIpc) is 2.72. The van der Waals surface area contributed by atoms with Crippen molar-refractivity contribution in [2.45, 2.75) is 13.8 Å². The Morgan fingerprint density at radius 3 is 2.11 bits per heavy atom. The first-order valence-electron chi connectivity index (χ1n) is 9.56. The van der Waals surface area contributed by atoms with Gasteiger partial charge >= 0.3 is 0 Å². The summed E-state index contributed by atoms with van der Waals surface area (Å²) < 4.78 is 17.5. The van der Waals surface area contributed by atoms with Crippen molar-refractivity contribution in [3.63, 3.8) is 0 Å². The minimum absolute atomic E-state index is 0.479. The van der Waals surface area contributed by atoms with E-state index in [-0.39, 0.29) is 0 Å². The minimum Gasteiger partial charge on any atom is -0.491 e. The number of para-hydroxylation sites is 4. The monoisotopic (exact) mass is 377 g/mol. The zero-order valence-corrected chi connectivity index (χ0v) is 16.5. The Hall–Kier alpha value is -3.14. The Morgan fingerprint density at radius 2 is 1.32 bits per heavy atom. The first-order valence-corrected chi connectivity index (χ1v) is 9.56. The van der Waals surface area contributed by atoms with Crippen LogP contribution in [0.25, 0.3) is 0 Å². The predicted octanol–water partition coefficient (Wildman–Crippen LogP) is 5.25. The molecule has 0 aliphatic rings. The molecule has 0 atom stereocenters. The molecule has 0 aliphatic carbocycles. The third kappa shape index (κ3) is 5.68. The lowest BCUT2D eigenvalue weighted by atomic mass is 10.1. The largest absolute Gasteiger partial charge is 0.491 e. The fourth-order valence-electron chi connectivity index (χ4n) is 2.93. The summed E-state index contributed by atoms with van der Waals surface area (Å²) >= 11 is 0. The summed E-state index contributed by atoms with van der Waals surface area (Å²) in [6, 6.07) is 23.8. The molecule has 0 bridgehead atoms. The molecule has 3 aromatic carbocycles. The molecule has 0 saturated heterocycles. The zero-order chi connectivity index (χ0) is 19.6. The van der Waals surface area contributed by atoms with Crippen molar-refractivity contribution in [1.29, 1.82) is 0 Å². The number of nitrogens with one attached hydrogen (secondary N) is 1. The van der Waals surface area contributed by atoms with E-state index in [4.69, 9.17) is 14.2 Å². The van der Waals surface area contributed by atoms with Crippen LogP contribution in [0.3, 0.4) is 0 Å². The second kappa shape index (κ2) is 10.3. The molecule has 0 unspecified atom stereocenters. The van der Waals surface area contributed by atoms with E-state index in [2.05, 4.69) is 31.3 Å². The van der Waals surface area contributed by atoms with Crippen molar-refractivity contribution < 1.29 is 14.2 Å². The van der Waals surface area contributed by atoms with Crippen molar-refractivity contribution in [2.24, 2.45) is 0 Å². The fraction of sp³-hybridized carbons (Fsp3) is 0.250. The smallest absolute Gasteiger partial charge is 0.142 e. The highest BCUT2D eigenvalue weighted by Gasteiger charge is 2.05. The van der Waals surface area contributed by atoms with Crippen LogP contribution in [0.2, 0.25) is 0 Å². The number of hydrogen-bond donors (Lipinski definition) is 1. The fourth-order valence-corrected chi connectivity index (χ4v) is 2.93. The van der Waals surface area contributed by atoms with E-state index in [1.54, 1.807) is 0 Å². The van der Waals surface area contributed by atoms with Gasteiger partial charge in [-0.05, 0) is 49.2 Å². The topological polar surface area (TPSA) is 39.7 Å². The normalized spacial score (nSPS) is 10.4. The summed E-state index contributed by atoms with van der Waals surface area (Å²) in [5, 5.41) is 3.39. The third-order valence-electron chi connectivity index (χ3n) is 4.31. The van der Waals surface area contributed by atoms with Crippen LogP contribution in [-0.2, 0) is 0 Å². The Morgan fingerprint density at radius 1 is 0.643 bits per heavy atom. The molecular formula is C24H27NO3. The van der Waals surface area contributed by atoms with Gasteiger partial charge in [-0.1, -0.05) is 48.5 Å². The summed E-state index contributed by atoms with van der Waals surface area (Å²) in [5.74, 6) is 2.62. The molecule has 0 spiro atoms. The van der Waals surface area contributed by atoms with Crippen LogP contribution in [0.1, 0.15) is 11.1 Å². The second-order valence-corrected chi connectivity index (χ2v) is 6.50. The maximum absolute atomic E-state index is 5.95. The zero-order valence-electron chi connectivity index (χ0n) is 16.5. The lowest BCUT2D eigenvalue weighted by molar-refractivity contribution is 0.217. The van der Waals surface area contributed by atoms with Gasteiger partial charge < -0.3 is 19.5 Å². The Bertz CT molecular complexity index is 844. The van der Waals surface area contributed by atoms with Crippen molar-refractivity contribution in [3.05, 3.63) is 83.9 Å². The van der Waals surface area contributed by atoms with E-state index in [1.165, 1.54) is 0 Å². The quantitative estimate of drug-likeness (QED) is 0.490. The van der Waals surface area contributed by atoms with Crippen LogP contribution in [0.15, 0.2) is 72.8 Å². The lowest BCUT2D eigenvalue weighted by Crippen LogP contribution is -2.14. The molecule has 4 heteroatoms. The molecule has 146 valence electrons. The highest BCUT2D eigenvalue weighted by atomic mass is 16.5. The van der Waals surface area contributed by atoms with E-state index >= 15 is 0 Å². The lowest BCUT2D eigenvalue weighted by Gasteiger charge is -2.15. The molecular weight excluding hydrogens is 350 g/mol. The number of anilines is 1. The van der Waals surface area contributed by atoms with Gasteiger partial charge in [0.05, 0.1) is 5.69 Å². The number of aryl methyl sites for hydroxylation is 2. The predicted molar refractivity (Wildman–Crippen MR) is 114 cm³/mol. The first-order chi connectivity index (χ1) is 13.7. The van der Waals surface area contributed by atoms with Crippen LogP contribution >= 0.6 is 0 Å². The molecule has 0 amide bonds. The molecule has 0 heterocycles. The Labute approximate surface area is 167 Å². The molecule has 4 nitrogen and oxygen atoms in total. The van der Waals surface area contributed by atoms with E-state index in [0.717, 1.165) is 34.1 Å². The Balaban J connectivity index is 1.44. The molecule has 0 saturated carbocycles. The van der Waals surface area contributed by atoms with Crippen LogP contribution < -0.4 is 19.5 Å². The van der Waals surface area contributed by atoms with Gasteiger partial charge in [-0.3, -0.25) is 0 Å². The number of benzene rings is 3. The van der Waals surface area contributed by atoms with Gasteiger partial charge in [0.15, 0.2) is 0 Å². The summed E-state index contributed by atoms with van der Waals surface area (Å²) in [4.78, 5) is 0. The maximum Gasteiger partial charge on any atom is 0.142 e. The van der Waals surface area contributed by atoms with E-state index in [9.17, 15) is 0 Å².